The molecule has 11 heteroatoms. The number of nitrogens with one attached hydrogen (secondary N) is 1. The zero-order chi connectivity index (χ0) is 20.4. The van der Waals surface area contributed by atoms with Gasteiger partial charge in [-0.2, -0.15) is 10.4 Å². The number of hydrogen-bond acceptors (Lipinski definition) is 7. The van der Waals surface area contributed by atoms with Crippen molar-refractivity contribution in [3.63, 3.8) is 0 Å². The molecular weight excluding hydrogens is 366 g/mol. The van der Waals surface area contributed by atoms with Crippen LogP contribution in [0, 0.1) is 21.4 Å². The highest BCUT2D eigenvalue weighted by Crippen LogP contribution is 2.29. The molecule has 140 valence electrons. The van der Waals surface area contributed by atoms with Gasteiger partial charge < -0.3 is 15.4 Å². The molecule has 1 aromatic carbocycles. The lowest BCUT2D eigenvalue weighted by Gasteiger charge is -2.05. The van der Waals surface area contributed by atoms with E-state index in [-0.39, 0.29) is 34.3 Å². The van der Waals surface area contributed by atoms with E-state index in [2.05, 4.69) is 15.4 Å². The molecule has 0 spiro atoms. The predicted molar refractivity (Wildman–Crippen MR) is 96.2 cm³/mol. The summed E-state index contributed by atoms with van der Waals surface area (Å²) in [6, 6.07) is 9.85. The van der Waals surface area contributed by atoms with Crippen LogP contribution in [-0.4, -0.2) is 35.9 Å². The van der Waals surface area contributed by atoms with Gasteiger partial charge in [0.15, 0.2) is 5.69 Å². The third-order valence-corrected chi connectivity index (χ3v) is 4.00. The molecule has 0 fully saturated rings. The minimum absolute atomic E-state index is 0.0163. The zero-order valence-electron chi connectivity index (χ0n) is 14.8. The van der Waals surface area contributed by atoms with E-state index in [0.717, 1.165) is 6.20 Å². The first-order valence-corrected chi connectivity index (χ1v) is 7.89. The molecule has 3 rings (SSSR count). The fraction of sp³-hybridized carbons (Fsp3) is 0.118. The molecule has 0 aliphatic carbocycles. The van der Waals surface area contributed by atoms with E-state index >= 15 is 0 Å². The maximum atomic E-state index is 12.3. The van der Waals surface area contributed by atoms with Crippen LogP contribution in [0.25, 0.3) is 11.5 Å². The van der Waals surface area contributed by atoms with Crippen molar-refractivity contribution in [2.75, 3.05) is 5.32 Å². The highest BCUT2D eigenvalue weighted by atomic mass is 16.6. The first-order valence-electron chi connectivity index (χ1n) is 7.89. The molecule has 11 nitrogen and oxygen atoms in total. The molecule has 0 atom stereocenters. The molecule has 0 aliphatic heterocycles. The Morgan fingerprint density at radius 1 is 1.25 bits per heavy atom. The Hall–Kier alpha value is -4.33. The molecule has 1 amide bonds. The number of carbonyl (C=O) groups is 2. The van der Waals surface area contributed by atoms with Crippen molar-refractivity contribution in [1.29, 1.82) is 5.26 Å². The molecule has 0 saturated heterocycles. The number of ketones is 1. The van der Waals surface area contributed by atoms with Gasteiger partial charge in [0.2, 0.25) is 0 Å². The van der Waals surface area contributed by atoms with Crippen LogP contribution in [0.15, 0.2) is 36.5 Å². The van der Waals surface area contributed by atoms with Crippen molar-refractivity contribution < 1.29 is 14.5 Å². The van der Waals surface area contributed by atoms with Gasteiger partial charge in [-0.3, -0.25) is 14.3 Å². The molecular formula is C17H13N7O4. The van der Waals surface area contributed by atoms with E-state index < -0.39 is 16.6 Å². The van der Waals surface area contributed by atoms with Crippen molar-refractivity contribution in [1.82, 2.24) is 19.3 Å². The van der Waals surface area contributed by atoms with Gasteiger partial charge >= 0.3 is 5.82 Å². The summed E-state index contributed by atoms with van der Waals surface area (Å²) in [6.07, 6.45) is 1.04. The van der Waals surface area contributed by atoms with Gasteiger partial charge in [0, 0.05) is 12.6 Å². The SMILES string of the molecule is Cn1nc(-c2ncc([N+](=O)[O-])n2C)c(C#N)c1NC(=O)C(=O)c1ccccc1. The molecule has 0 radical (unpaired) electrons. The van der Waals surface area contributed by atoms with Gasteiger partial charge in [-0.15, -0.1) is 0 Å². The second-order valence-electron chi connectivity index (χ2n) is 5.71. The molecule has 0 aliphatic rings. The quantitative estimate of drug-likeness (QED) is 0.305. The van der Waals surface area contributed by atoms with E-state index in [1.807, 2.05) is 6.07 Å². The zero-order valence-corrected chi connectivity index (χ0v) is 14.8. The van der Waals surface area contributed by atoms with Gasteiger partial charge in [-0.25, -0.2) is 9.55 Å². The second-order valence-corrected chi connectivity index (χ2v) is 5.71. The number of aromatic nitrogens is 4. The van der Waals surface area contributed by atoms with Gasteiger partial charge in [0.25, 0.3) is 17.5 Å². The first-order chi connectivity index (χ1) is 13.3. The Balaban J connectivity index is 1.98. The number of Topliss-reactive ketones (excluding diaryl/α,β-unsaturated/α-hetero) is 1. The molecule has 3 aromatic rings. The fourth-order valence-corrected chi connectivity index (χ4v) is 2.60. The lowest BCUT2D eigenvalue weighted by molar-refractivity contribution is -0.391. The maximum Gasteiger partial charge on any atom is 0.342 e. The lowest BCUT2D eigenvalue weighted by Crippen LogP contribution is -2.24. The second kappa shape index (κ2) is 7.12. The molecule has 0 bridgehead atoms. The number of anilines is 1. The summed E-state index contributed by atoms with van der Waals surface area (Å²) < 4.78 is 2.37. The van der Waals surface area contributed by atoms with Crippen LogP contribution in [0.2, 0.25) is 0 Å². The van der Waals surface area contributed by atoms with E-state index in [4.69, 9.17) is 0 Å². The Labute approximate surface area is 158 Å². The molecule has 0 saturated carbocycles. The number of nitro groups is 1. The minimum atomic E-state index is -0.942. The highest BCUT2D eigenvalue weighted by molar-refractivity contribution is 6.46. The Morgan fingerprint density at radius 3 is 2.50 bits per heavy atom. The molecule has 0 unspecified atom stereocenters. The molecule has 2 heterocycles. The molecule has 1 N–H and O–H groups in total. The number of imidazole rings is 1. The van der Waals surface area contributed by atoms with Crippen molar-refractivity contribution in [3.8, 4) is 17.6 Å². The van der Waals surface area contributed by atoms with E-state index in [1.165, 1.54) is 35.5 Å². The van der Waals surface area contributed by atoms with Gasteiger partial charge in [0.1, 0.15) is 23.6 Å². The number of carbonyl (C=O) groups excluding carboxylic acids is 2. The van der Waals surface area contributed by atoms with Crippen molar-refractivity contribution in [2.24, 2.45) is 14.1 Å². The molecule has 28 heavy (non-hydrogen) atoms. The van der Waals surface area contributed by atoms with Gasteiger partial charge in [0.05, 0.1) is 7.05 Å². The predicted octanol–water partition coefficient (Wildman–Crippen LogP) is 1.42. The van der Waals surface area contributed by atoms with Crippen LogP contribution in [0.4, 0.5) is 11.6 Å². The highest BCUT2D eigenvalue weighted by Gasteiger charge is 2.28. The largest absolute Gasteiger partial charge is 0.358 e. The van der Waals surface area contributed by atoms with Crippen LogP contribution < -0.4 is 5.32 Å². The number of aryl methyl sites for hydroxylation is 1. The van der Waals surface area contributed by atoms with Crippen LogP contribution in [0.3, 0.4) is 0 Å². The number of amides is 1. The van der Waals surface area contributed by atoms with Crippen LogP contribution >= 0.6 is 0 Å². The fourth-order valence-electron chi connectivity index (χ4n) is 2.60. The van der Waals surface area contributed by atoms with Gasteiger partial charge in [-0.1, -0.05) is 30.3 Å². The average molecular weight is 379 g/mol. The van der Waals surface area contributed by atoms with Crippen LogP contribution in [0.5, 0.6) is 0 Å². The Kier molecular flexibility index (Phi) is 4.69. The number of hydrogen-bond donors (Lipinski definition) is 1. The maximum absolute atomic E-state index is 12.3. The third kappa shape index (κ3) is 3.10. The summed E-state index contributed by atoms with van der Waals surface area (Å²) in [7, 11) is 2.87. The van der Waals surface area contributed by atoms with Crippen molar-refractivity contribution in [3.05, 3.63) is 57.8 Å². The standard InChI is InChI=1S/C17H13N7O4/c1-22-12(24(27)28)9-19-16(22)13-11(8-18)15(23(2)21-13)20-17(26)14(25)10-6-4-3-5-7-10/h3-7,9H,1-2H3,(H,20,26). The summed E-state index contributed by atoms with van der Waals surface area (Å²) in [5, 5.41) is 27.1. The average Bonchev–Trinajstić information content (AvgIpc) is 3.21. The summed E-state index contributed by atoms with van der Waals surface area (Å²) in [5.41, 5.74) is 0.170. The van der Waals surface area contributed by atoms with Crippen molar-refractivity contribution in [2.45, 2.75) is 0 Å². The monoisotopic (exact) mass is 379 g/mol. The summed E-state index contributed by atoms with van der Waals surface area (Å²) in [6.45, 7) is 0. The summed E-state index contributed by atoms with van der Waals surface area (Å²) >= 11 is 0. The summed E-state index contributed by atoms with van der Waals surface area (Å²) in [4.78, 5) is 38.9. The van der Waals surface area contributed by atoms with Crippen LogP contribution in [-0.2, 0) is 18.9 Å². The first kappa shape index (κ1) is 18.5. The number of nitrogens with zero attached hydrogens (tertiary/aromatic N) is 6. The summed E-state index contributed by atoms with van der Waals surface area (Å²) in [5.74, 6) is -1.94. The number of nitriles is 1. The van der Waals surface area contributed by atoms with E-state index in [0.29, 0.717) is 0 Å². The normalized spacial score (nSPS) is 10.3. The Bertz CT molecular complexity index is 1140. The van der Waals surface area contributed by atoms with E-state index in [9.17, 15) is 25.0 Å². The molecule has 2 aromatic heterocycles. The van der Waals surface area contributed by atoms with Crippen LogP contribution in [0.1, 0.15) is 15.9 Å². The third-order valence-electron chi connectivity index (χ3n) is 4.00. The van der Waals surface area contributed by atoms with Crippen molar-refractivity contribution >= 4 is 23.3 Å². The van der Waals surface area contributed by atoms with E-state index in [1.54, 1.807) is 18.2 Å². The number of benzene rings is 1. The van der Waals surface area contributed by atoms with Gasteiger partial charge in [-0.05, 0) is 4.92 Å². The minimum Gasteiger partial charge on any atom is -0.358 e. The topological polar surface area (TPSA) is 149 Å². The number of rotatable bonds is 5. The smallest absolute Gasteiger partial charge is 0.342 e. The Morgan fingerprint density at radius 2 is 1.93 bits per heavy atom. The lowest BCUT2D eigenvalue weighted by atomic mass is 10.1.